The van der Waals surface area contributed by atoms with Gasteiger partial charge < -0.3 is 10.5 Å². The summed E-state index contributed by atoms with van der Waals surface area (Å²) in [4.78, 5) is 15.7. The lowest BCUT2D eigenvalue weighted by molar-refractivity contribution is 0.0594. The fourth-order valence-corrected chi connectivity index (χ4v) is 3.02. The molecule has 0 aliphatic heterocycles. The average Bonchev–Trinajstić information content (AvgIpc) is 2.52. The molecule has 1 aromatic heterocycles. The fourth-order valence-electron chi connectivity index (χ4n) is 1.70. The van der Waals surface area contributed by atoms with Crippen LogP contribution in [0.25, 0.3) is 11.3 Å². The molecule has 4 nitrogen and oxygen atoms in total. The summed E-state index contributed by atoms with van der Waals surface area (Å²) in [5.74, 6) is -0.639. The van der Waals surface area contributed by atoms with Gasteiger partial charge in [-0.3, -0.25) is 0 Å². The number of pyridine rings is 1. The van der Waals surface area contributed by atoms with Crippen molar-refractivity contribution in [2.45, 2.75) is 0 Å². The van der Waals surface area contributed by atoms with Gasteiger partial charge in [0.25, 0.3) is 0 Å². The average molecular weight is 400 g/mol. The van der Waals surface area contributed by atoms with Crippen LogP contribution in [0.5, 0.6) is 0 Å². The SMILES string of the molecule is COC(=O)c1ccc(N)c(-c2c(Cl)c(Cl)c(Cl)c(Cl)c2Cl)n1. The second-order valence-electron chi connectivity index (χ2n) is 4.07. The minimum atomic E-state index is -0.639. The minimum Gasteiger partial charge on any atom is -0.464 e. The lowest BCUT2D eigenvalue weighted by Crippen LogP contribution is -2.06. The third-order valence-corrected chi connectivity index (χ3v) is 5.04. The summed E-state index contributed by atoms with van der Waals surface area (Å²) in [6.07, 6.45) is 0. The highest BCUT2D eigenvalue weighted by molar-refractivity contribution is 6.56. The van der Waals surface area contributed by atoms with Crippen LogP contribution in [-0.2, 0) is 4.74 Å². The Hall–Kier alpha value is -0.910. The largest absolute Gasteiger partial charge is 0.464 e. The molecule has 1 heterocycles. The van der Waals surface area contributed by atoms with Crippen LogP contribution in [0.3, 0.4) is 0 Å². The number of nitrogens with zero attached hydrogens (tertiary/aromatic N) is 1. The molecule has 0 saturated heterocycles. The number of halogens is 5. The molecule has 0 fully saturated rings. The molecule has 0 radical (unpaired) electrons. The number of methoxy groups -OCH3 is 1. The number of anilines is 1. The molecular weight excluding hydrogens is 393 g/mol. The van der Waals surface area contributed by atoms with Crippen molar-refractivity contribution in [1.29, 1.82) is 0 Å². The van der Waals surface area contributed by atoms with Gasteiger partial charge in [0.1, 0.15) is 5.69 Å². The van der Waals surface area contributed by atoms with Gasteiger partial charge in [-0.15, -0.1) is 0 Å². The van der Waals surface area contributed by atoms with E-state index < -0.39 is 5.97 Å². The van der Waals surface area contributed by atoms with E-state index in [9.17, 15) is 4.79 Å². The number of aromatic nitrogens is 1. The molecule has 2 N–H and O–H groups in total. The molecule has 0 unspecified atom stereocenters. The van der Waals surface area contributed by atoms with E-state index in [0.717, 1.165) is 0 Å². The summed E-state index contributed by atoms with van der Waals surface area (Å²) in [6, 6.07) is 2.88. The normalized spacial score (nSPS) is 10.6. The molecule has 1 aromatic carbocycles. The number of carbonyl (C=O) groups excluding carboxylic acids is 1. The lowest BCUT2D eigenvalue weighted by atomic mass is 10.1. The summed E-state index contributed by atoms with van der Waals surface area (Å²) in [5.41, 5.74) is 6.48. The van der Waals surface area contributed by atoms with Gasteiger partial charge in [-0.05, 0) is 12.1 Å². The number of rotatable bonds is 2. The number of nitrogens with two attached hydrogens (primary N) is 1. The molecule has 0 aliphatic rings. The Morgan fingerprint density at radius 3 is 2.00 bits per heavy atom. The van der Waals surface area contributed by atoms with E-state index in [1.165, 1.54) is 19.2 Å². The molecule has 22 heavy (non-hydrogen) atoms. The van der Waals surface area contributed by atoms with Crippen LogP contribution in [0.4, 0.5) is 5.69 Å². The van der Waals surface area contributed by atoms with E-state index in [4.69, 9.17) is 63.7 Å². The summed E-state index contributed by atoms with van der Waals surface area (Å²) in [5, 5.41) is 0.101. The zero-order valence-corrected chi connectivity index (χ0v) is 14.7. The third kappa shape index (κ3) is 2.94. The van der Waals surface area contributed by atoms with E-state index in [2.05, 4.69) is 9.72 Å². The van der Waals surface area contributed by atoms with Crippen molar-refractivity contribution in [2.24, 2.45) is 0 Å². The topological polar surface area (TPSA) is 65.2 Å². The molecule has 0 aliphatic carbocycles. The lowest BCUT2D eigenvalue weighted by Gasteiger charge is -2.14. The second-order valence-corrected chi connectivity index (χ2v) is 5.96. The van der Waals surface area contributed by atoms with Gasteiger partial charge in [-0.2, -0.15) is 0 Å². The Labute approximate surface area is 151 Å². The van der Waals surface area contributed by atoms with Gasteiger partial charge in [0.05, 0.1) is 43.6 Å². The smallest absolute Gasteiger partial charge is 0.356 e. The Morgan fingerprint density at radius 1 is 1.00 bits per heavy atom. The summed E-state index contributed by atoms with van der Waals surface area (Å²) in [7, 11) is 1.23. The van der Waals surface area contributed by atoms with E-state index in [1.54, 1.807) is 0 Å². The zero-order valence-electron chi connectivity index (χ0n) is 10.9. The van der Waals surface area contributed by atoms with Gasteiger partial charge in [-0.1, -0.05) is 58.0 Å². The maximum Gasteiger partial charge on any atom is 0.356 e. The first-order valence-corrected chi connectivity index (χ1v) is 7.55. The molecule has 2 rings (SSSR count). The molecule has 0 amide bonds. The summed E-state index contributed by atoms with van der Waals surface area (Å²) in [6.45, 7) is 0. The van der Waals surface area contributed by atoms with Crippen LogP contribution in [-0.4, -0.2) is 18.1 Å². The number of ether oxygens (including phenoxy) is 1. The highest BCUT2D eigenvalue weighted by Crippen LogP contribution is 2.48. The van der Waals surface area contributed by atoms with Crippen LogP contribution in [0.2, 0.25) is 25.1 Å². The molecule has 116 valence electrons. The molecule has 9 heteroatoms. The number of nitrogen functional groups attached to an aromatic ring is 1. The number of hydrogen-bond acceptors (Lipinski definition) is 4. The highest BCUT2D eigenvalue weighted by atomic mass is 35.5. The molecule has 0 spiro atoms. The molecular formula is C13H7Cl5N2O2. The highest BCUT2D eigenvalue weighted by Gasteiger charge is 2.23. The quantitative estimate of drug-likeness (QED) is 0.417. The standard InChI is InChI=1S/C13H7Cl5N2O2/c1-22-13(21)5-3-2-4(19)12(20-5)6-7(14)9(16)11(18)10(17)8(6)15/h2-3H,19H2,1H3. The van der Waals surface area contributed by atoms with E-state index in [0.29, 0.717) is 0 Å². The first-order chi connectivity index (χ1) is 10.3. The number of esters is 1. The first kappa shape index (κ1) is 17.4. The summed E-state index contributed by atoms with van der Waals surface area (Å²) < 4.78 is 4.61. The molecule has 0 bridgehead atoms. The van der Waals surface area contributed by atoms with Crippen LogP contribution in [0, 0.1) is 0 Å². The van der Waals surface area contributed by atoms with Crippen LogP contribution < -0.4 is 5.73 Å². The maximum absolute atomic E-state index is 11.6. The van der Waals surface area contributed by atoms with Crippen molar-refractivity contribution >= 4 is 69.7 Å². The van der Waals surface area contributed by atoms with Gasteiger partial charge in [0.2, 0.25) is 0 Å². The molecule has 0 saturated carbocycles. The van der Waals surface area contributed by atoms with Crippen molar-refractivity contribution in [3.05, 3.63) is 42.9 Å². The van der Waals surface area contributed by atoms with Crippen LogP contribution >= 0.6 is 58.0 Å². The first-order valence-electron chi connectivity index (χ1n) is 5.66. The Balaban J connectivity index is 2.80. The monoisotopic (exact) mass is 398 g/mol. The fraction of sp³-hybridized carbons (Fsp3) is 0.0769. The second kappa shape index (κ2) is 6.69. The molecule has 0 atom stereocenters. The van der Waals surface area contributed by atoms with E-state index in [1.807, 2.05) is 0 Å². The summed E-state index contributed by atoms with van der Waals surface area (Å²) >= 11 is 30.3. The van der Waals surface area contributed by atoms with Crippen molar-refractivity contribution < 1.29 is 9.53 Å². The predicted molar refractivity (Wildman–Crippen MR) is 90.5 cm³/mol. The van der Waals surface area contributed by atoms with Crippen molar-refractivity contribution in [3.63, 3.8) is 0 Å². The van der Waals surface area contributed by atoms with Gasteiger partial charge >= 0.3 is 5.97 Å². The van der Waals surface area contributed by atoms with Crippen molar-refractivity contribution in [2.75, 3.05) is 12.8 Å². The minimum absolute atomic E-state index is 0.0115. The van der Waals surface area contributed by atoms with Gasteiger partial charge in [0, 0.05) is 5.56 Å². The zero-order chi connectivity index (χ0) is 16.6. The van der Waals surface area contributed by atoms with Crippen molar-refractivity contribution in [1.82, 2.24) is 4.98 Å². The number of hydrogen-bond donors (Lipinski definition) is 1. The van der Waals surface area contributed by atoms with Gasteiger partial charge in [0.15, 0.2) is 0 Å². The maximum atomic E-state index is 11.6. The van der Waals surface area contributed by atoms with Crippen LogP contribution in [0.1, 0.15) is 10.5 Å². The van der Waals surface area contributed by atoms with Crippen molar-refractivity contribution in [3.8, 4) is 11.3 Å². The van der Waals surface area contributed by atoms with Gasteiger partial charge in [-0.25, -0.2) is 9.78 Å². The molecule has 2 aromatic rings. The van der Waals surface area contributed by atoms with E-state index in [-0.39, 0.29) is 47.8 Å². The van der Waals surface area contributed by atoms with E-state index >= 15 is 0 Å². The number of carbonyl (C=O) groups is 1. The number of benzene rings is 1. The Kier molecular flexibility index (Phi) is 5.30. The Morgan fingerprint density at radius 2 is 1.50 bits per heavy atom. The predicted octanol–water partition coefficient (Wildman–Crippen LogP) is 5.38. The van der Waals surface area contributed by atoms with Crippen LogP contribution in [0.15, 0.2) is 12.1 Å². The third-order valence-electron chi connectivity index (χ3n) is 2.77. The Bertz CT molecular complexity index is 751.